The lowest BCUT2D eigenvalue weighted by Gasteiger charge is -2.36. The number of amides is 2. The number of aromatic nitrogens is 1. The normalized spacial score (nSPS) is 17.4. The van der Waals surface area contributed by atoms with Crippen molar-refractivity contribution in [2.75, 3.05) is 26.9 Å². The molecular formula is C23H35N3O8P+. The summed E-state index contributed by atoms with van der Waals surface area (Å²) in [5, 5.41) is 11.8. The number of hydrogen-bond donors (Lipinski definition) is 2. The lowest BCUT2D eigenvalue weighted by Crippen LogP contribution is -2.51. The first-order chi connectivity index (χ1) is 16.6. The fourth-order valence-corrected chi connectivity index (χ4v) is 4.17. The first-order valence-corrected chi connectivity index (χ1v) is 12.2. The van der Waals surface area contributed by atoms with Gasteiger partial charge >= 0.3 is 18.0 Å². The van der Waals surface area contributed by atoms with Crippen LogP contribution in [0.2, 0.25) is 0 Å². The van der Waals surface area contributed by atoms with Crippen molar-refractivity contribution in [3.63, 3.8) is 0 Å². The second kappa shape index (κ2) is 13.9. The van der Waals surface area contributed by atoms with Crippen molar-refractivity contribution >= 4 is 33.2 Å². The minimum Gasteiger partial charge on any atom is -0.480 e. The fourth-order valence-electron chi connectivity index (χ4n) is 3.64. The number of methoxy groups -OCH3 is 1. The summed E-state index contributed by atoms with van der Waals surface area (Å²) >= 11 is 0. The maximum Gasteiger partial charge on any atom is 0.414 e. The summed E-state index contributed by atoms with van der Waals surface area (Å²) in [6.45, 7) is 4.41. The Hall–Kier alpha value is -2.78. The van der Waals surface area contributed by atoms with Gasteiger partial charge in [-0.2, -0.15) is 4.57 Å². The third-order valence-corrected chi connectivity index (χ3v) is 6.18. The Bertz CT molecular complexity index is 897. The number of carboxylic acids is 1. The van der Waals surface area contributed by atoms with Gasteiger partial charge in [0, 0.05) is 19.2 Å². The molecule has 1 fully saturated rings. The minimum absolute atomic E-state index is 0.150. The standard InChI is InChI=1S/C23H34N3O8P/c1-15(2)12-33-13-17(21(28)29)24-20(27)16-7-6-9-25(11-16)14-34-23(31)26-10-5-4-8-18(26)19(35)22(30)32-3/h6-7,9,11,15,17-19H,4-5,8,10,12-14,35H2,1-3H3,(H-,24,27,28,29)/p+1/t17-,18+,19+/m0/s1. The minimum atomic E-state index is -1.20. The third kappa shape index (κ3) is 8.74. The van der Waals surface area contributed by atoms with Gasteiger partial charge in [-0.05, 0) is 31.2 Å². The molecule has 2 heterocycles. The van der Waals surface area contributed by atoms with Crippen LogP contribution in [0.15, 0.2) is 24.5 Å². The van der Waals surface area contributed by atoms with Gasteiger partial charge in [-0.15, -0.1) is 9.24 Å². The number of rotatable bonds is 11. The van der Waals surface area contributed by atoms with Crippen LogP contribution in [0.4, 0.5) is 4.79 Å². The predicted octanol–water partition coefficient (Wildman–Crippen LogP) is 1.20. The van der Waals surface area contributed by atoms with E-state index in [-0.39, 0.29) is 30.9 Å². The van der Waals surface area contributed by atoms with Gasteiger partial charge in [0.25, 0.3) is 12.6 Å². The molecule has 2 rings (SSSR count). The summed E-state index contributed by atoms with van der Waals surface area (Å²) in [6, 6.07) is 1.57. The molecule has 12 heteroatoms. The van der Waals surface area contributed by atoms with E-state index in [2.05, 4.69) is 14.6 Å². The van der Waals surface area contributed by atoms with Crippen molar-refractivity contribution in [3.8, 4) is 0 Å². The molecule has 0 spiro atoms. The van der Waals surface area contributed by atoms with Gasteiger partial charge in [0.1, 0.15) is 5.56 Å². The van der Waals surface area contributed by atoms with Crippen LogP contribution in [0, 0.1) is 5.92 Å². The van der Waals surface area contributed by atoms with Gasteiger partial charge in [-0.1, -0.05) is 13.8 Å². The number of carbonyl (C=O) groups is 4. The van der Waals surface area contributed by atoms with Crippen molar-refractivity contribution in [3.05, 3.63) is 30.1 Å². The molecule has 2 N–H and O–H groups in total. The second-order valence-electron chi connectivity index (χ2n) is 8.75. The number of pyridine rings is 1. The van der Waals surface area contributed by atoms with Gasteiger partial charge in [0.2, 0.25) is 0 Å². The van der Waals surface area contributed by atoms with Crippen LogP contribution in [-0.2, 0) is 30.5 Å². The number of hydrogen-bond acceptors (Lipinski definition) is 7. The van der Waals surface area contributed by atoms with Crippen LogP contribution in [0.3, 0.4) is 0 Å². The zero-order valence-electron chi connectivity index (χ0n) is 20.3. The number of carboxylic acid groups (broad SMARTS) is 1. The molecule has 0 radical (unpaired) electrons. The van der Waals surface area contributed by atoms with E-state index in [9.17, 15) is 24.3 Å². The molecule has 0 aliphatic carbocycles. The number of nitrogens with zero attached hydrogens (tertiary/aromatic N) is 2. The van der Waals surface area contributed by atoms with E-state index in [4.69, 9.17) is 14.2 Å². The first kappa shape index (κ1) is 28.5. The molecule has 1 saturated heterocycles. The van der Waals surface area contributed by atoms with Crippen LogP contribution in [0.5, 0.6) is 0 Å². The van der Waals surface area contributed by atoms with Crippen molar-refractivity contribution in [1.29, 1.82) is 0 Å². The van der Waals surface area contributed by atoms with Gasteiger partial charge in [0.15, 0.2) is 18.4 Å². The van der Waals surface area contributed by atoms with E-state index in [0.29, 0.717) is 19.6 Å². The van der Waals surface area contributed by atoms with Gasteiger partial charge in [-0.25, -0.2) is 9.59 Å². The maximum atomic E-state index is 12.8. The molecular weight excluding hydrogens is 477 g/mol. The molecule has 4 atom stereocenters. The van der Waals surface area contributed by atoms with Crippen molar-refractivity contribution in [2.45, 2.75) is 57.6 Å². The number of aliphatic carboxylic acids is 1. The Morgan fingerprint density at radius 2 is 2.00 bits per heavy atom. The highest BCUT2D eigenvalue weighted by Gasteiger charge is 2.36. The molecule has 1 aliphatic rings. The van der Waals surface area contributed by atoms with Gasteiger partial charge in [0.05, 0.1) is 25.4 Å². The Morgan fingerprint density at radius 3 is 2.66 bits per heavy atom. The van der Waals surface area contributed by atoms with E-state index in [1.54, 1.807) is 12.3 Å². The Balaban J connectivity index is 1.98. The molecule has 0 bridgehead atoms. The van der Waals surface area contributed by atoms with Crippen molar-refractivity contribution in [1.82, 2.24) is 10.2 Å². The molecule has 1 aromatic heterocycles. The Labute approximate surface area is 207 Å². The van der Waals surface area contributed by atoms with E-state index in [0.717, 1.165) is 12.8 Å². The SMILES string of the molecule is COC(=O)[C@H](P)[C@H]1CCCCN1C(=O)OC[n+]1cccc(C(=O)N[C@@H](COCC(C)C)C(=O)O)c1. The van der Waals surface area contributed by atoms with E-state index >= 15 is 0 Å². The molecule has 1 aliphatic heterocycles. The highest BCUT2D eigenvalue weighted by Crippen LogP contribution is 2.25. The lowest BCUT2D eigenvalue weighted by atomic mass is 9.99. The van der Waals surface area contributed by atoms with Crippen LogP contribution in [-0.4, -0.2) is 78.6 Å². The molecule has 0 saturated carbocycles. The van der Waals surface area contributed by atoms with Crippen LogP contribution in [0.25, 0.3) is 0 Å². The largest absolute Gasteiger partial charge is 0.480 e. The molecule has 194 valence electrons. The zero-order valence-corrected chi connectivity index (χ0v) is 21.5. The van der Waals surface area contributed by atoms with Gasteiger partial charge in [-0.3, -0.25) is 9.59 Å². The molecule has 1 unspecified atom stereocenters. The summed E-state index contributed by atoms with van der Waals surface area (Å²) in [4.78, 5) is 50.3. The number of carbonyl (C=O) groups excluding carboxylic acids is 3. The summed E-state index contributed by atoms with van der Waals surface area (Å²) < 4.78 is 17.1. The predicted molar refractivity (Wildman–Crippen MR) is 128 cm³/mol. The average molecular weight is 513 g/mol. The Morgan fingerprint density at radius 1 is 1.26 bits per heavy atom. The van der Waals surface area contributed by atoms with Crippen molar-refractivity contribution in [2.24, 2.45) is 5.92 Å². The number of ether oxygens (including phenoxy) is 3. The maximum absolute atomic E-state index is 12.8. The molecule has 35 heavy (non-hydrogen) atoms. The quantitative estimate of drug-likeness (QED) is 0.257. The highest BCUT2D eigenvalue weighted by atomic mass is 31.0. The first-order valence-electron chi connectivity index (χ1n) is 11.5. The fraction of sp³-hybridized carbons (Fsp3) is 0.609. The second-order valence-corrected chi connectivity index (χ2v) is 9.47. The molecule has 1 aromatic rings. The summed E-state index contributed by atoms with van der Waals surface area (Å²) in [6.07, 6.45) is 4.86. The van der Waals surface area contributed by atoms with E-state index in [1.165, 1.54) is 28.8 Å². The van der Waals surface area contributed by atoms with E-state index in [1.807, 2.05) is 13.8 Å². The molecule has 2 amide bonds. The smallest absolute Gasteiger partial charge is 0.414 e. The van der Waals surface area contributed by atoms with Crippen molar-refractivity contribution < 1.29 is 43.1 Å². The average Bonchev–Trinajstić information content (AvgIpc) is 2.85. The van der Waals surface area contributed by atoms with Crippen LogP contribution in [0.1, 0.15) is 43.5 Å². The summed E-state index contributed by atoms with van der Waals surface area (Å²) in [5.74, 6) is -1.97. The zero-order chi connectivity index (χ0) is 26.0. The summed E-state index contributed by atoms with van der Waals surface area (Å²) in [7, 11) is 3.75. The topological polar surface area (TPSA) is 135 Å². The van der Waals surface area contributed by atoms with Gasteiger partial charge < -0.3 is 29.5 Å². The number of piperidine rings is 1. The number of likely N-dealkylation sites (tertiary alicyclic amines) is 1. The lowest BCUT2D eigenvalue weighted by molar-refractivity contribution is -0.727. The van der Waals surface area contributed by atoms with E-state index < -0.39 is 35.6 Å². The monoisotopic (exact) mass is 512 g/mol. The number of nitrogens with one attached hydrogen (secondary N) is 1. The highest BCUT2D eigenvalue weighted by molar-refractivity contribution is 7.19. The summed E-state index contributed by atoms with van der Waals surface area (Å²) in [5.41, 5.74) is -0.357. The molecule has 11 nitrogen and oxygen atoms in total. The number of esters is 1. The van der Waals surface area contributed by atoms with Crippen LogP contribution >= 0.6 is 9.24 Å². The third-order valence-electron chi connectivity index (χ3n) is 5.47. The molecule has 0 aromatic carbocycles. The Kier molecular flexibility index (Phi) is 11.3. The van der Waals surface area contributed by atoms with Crippen LogP contribution < -0.4 is 9.88 Å².